The first kappa shape index (κ1) is 14.4. The molecule has 0 bridgehead atoms. The molecule has 2 aromatic carbocycles. The number of nitrogens with zero attached hydrogens (tertiary/aromatic N) is 1. The molecule has 0 aromatic heterocycles. The molecule has 1 N–H and O–H groups in total. The second-order valence-corrected chi connectivity index (χ2v) is 4.10. The van der Waals surface area contributed by atoms with E-state index in [0.717, 1.165) is 0 Å². The third-order valence-corrected chi connectivity index (χ3v) is 2.75. The van der Waals surface area contributed by atoms with Crippen molar-refractivity contribution in [3.63, 3.8) is 0 Å². The zero-order chi connectivity index (χ0) is 15.4. The van der Waals surface area contributed by atoms with Gasteiger partial charge in [0.2, 0.25) is 0 Å². The van der Waals surface area contributed by atoms with Crippen molar-refractivity contribution < 1.29 is 18.8 Å². The van der Waals surface area contributed by atoms with E-state index in [4.69, 9.17) is 4.74 Å². The lowest BCUT2D eigenvalue weighted by atomic mass is 10.2. The van der Waals surface area contributed by atoms with Crippen molar-refractivity contribution in [3.05, 3.63) is 64.0 Å². The largest absolute Gasteiger partial charge is 0.494 e. The fraction of sp³-hybridized carbons (Fsp3) is 0.0714. The number of nitro groups is 1. The van der Waals surface area contributed by atoms with Crippen molar-refractivity contribution in [1.82, 2.24) is 0 Å². The lowest BCUT2D eigenvalue weighted by Crippen LogP contribution is -2.12. The van der Waals surface area contributed by atoms with Crippen molar-refractivity contribution in [2.45, 2.75) is 0 Å². The minimum atomic E-state index is -0.561. The molecular weight excluding hydrogens is 279 g/mol. The van der Waals surface area contributed by atoms with Crippen LogP contribution in [0.3, 0.4) is 0 Å². The van der Waals surface area contributed by atoms with Crippen LogP contribution >= 0.6 is 0 Å². The number of halogens is 1. The average Bonchev–Trinajstić information content (AvgIpc) is 2.48. The van der Waals surface area contributed by atoms with Crippen molar-refractivity contribution in [3.8, 4) is 5.75 Å². The van der Waals surface area contributed by atoms with Gasteiger partial charge in [-0.25, -0.2) is 4.39 Å². The van der Waals surface area contributed by atoms with Crippen LogP contribution in [0.25, 0.3) is 0 Å². The number of nitro benzene ring substituents is 1. The molecular formula is C14H11FN2O4. The third-order valence-electron chi connectivity index (χ3n) is 2.75. The number of non-ortho nitro benzene ring substituents is 1. The van der Waals surface area contributed by atoms with Crippen LogP contribution in [-0.4, -0.2) is 17.9 Å². The molecule has 0 radical (unpaired) electrons. The third kappa shape index (κ3) is 3.33. The molecule has 0 aliphatic rings. The van der Waals surface area contributed by atoms with E-state index in [0.29, 0.717) is 0 Å². The number of hydrogen-bond donors (Lipinski definition) is 1. The highest BCUT2D eigenvalue weighted by Crippen LogP contribution is 2.29. The minimum Gasteiger partial charge on any atom is -0.494 e. The number of methoxy groups -OCH3 is 1. The highest BCUT2D eigenvalue weighted by molar-refractivity contribution is 6.05. The van der Waals surface area contributed by atoms with Crippen LogP contribution in [0.15, 0.2) is 42.5 Å². The molecule has 0 saturated carbocycles. The summed E-state index contributed by atoms with van der Waals surface area (Å²) in [6.45, 7) is 0. The molecule has 2 aromatic rings. The summed E-state index contributed by atoms with van der Waals surface area (Å²) in [5.74, 6) is -0.749. The number of anilines is 1. The van der Waals surface area contributed by atoms with Gasteiger partial charge in [-0.2, -0.15) is 0 Å². The zero-order valence-electron chi connectivity index (χ0n) is 11.0. The summed E-state index contributed by atoms with van der Waals surface area (Å²) in [5.41, 5.74) is 0.404. The molecule has 0 heterocycles. The normalized spacial score (nSPS) is 10.0. The maximum absolute atomic E-state index is 12.8. The standard InChI is InChI=1S/C14H11FN2O4/c1-21-13-8-11(17(19)20)6-7-12(13)16-14(18)9-2-4-10(15)5-3-9/h2-8H,1H3,(H,16,18). The molecule has 1 amide bonds. The van der Waals surface area contributed by atoms with Gasteiger partial charge in [0.25, 0.3) is 11.6 Å². The molecule has 108 valence electrons. The summed E-state index contributed by atoms with van der Waals surface area (Å²) in [6.07, 6.45) is 0. The van der Waals surface area contributed by atoms with Crippen LogP contribution in [0, 0.1) is 15.9 Å². The average molecular weight is 290 g/mol. The Kier molecular flexibility index (Phi) is 4.13. The number of nitrogens with one attached hydrogen (secondary N) is 1. The van der Waals surface area contributed by atoms with Gasteiger partial charge in [0.1, 0.15) is 11.6 Å². The van der Waals surface area contributed by atoms with Crippen molar-refractivity contribution in [1.29, 1.82) is 0 Å². The number of rotatable bonds is 4. The smallest absolute Gasteiger partial charge is 0.273 e. The van der Waals surface area contributed by atoms with Crippen LogP contribution in [-0.2, 0) is 0 Å². The second-order valence-electron chi connectivity index (χ2n) is 4.10. The molecule has 6 nitrogen and oxygen atoms in total. The second kappa shape index (κ2) is 6.00. The summed E-state index contributed by atoms with van der Waals surface area (Å²) in [5, 5.41) is 13.2. The SMILES string of the molecule is COc1cc([N+](=O)[O-])ccc1NC(=O)c1ccc(F)cc1. The molecule has 0 aliphatic heterocycles. The Morgan fingerprint density at radius 3 is 2.48 bits per heavy atom. The first-order valence-electron chi connectivity index (χ1n) is 5.90. The van der Waals surface area contributed by atoms with Crippen LogP contribution in [0.1, 0.15) is 10.4 Å². The van der Waals surface area contributed by atoms with Gasteiger partial charge in [0.05, 0.1) is 23.8 Å². The molecule has 21 heavy (non-hydrogen) atoms. The van der Waals surface area contributed by atoms with E-state index >= 15 is 0 Å². The van der Waals surface area contributed by atoms with E-state index in [1.807, 2.05) is 0 Å². The summed E-state index contributed by atoms with van der Waals surface area (Å²) in [7, 11) is 1.34. The predicted molar refractivity (Wildman–Crippen MR) is 74.0 cm³/mol. The summed E-state index contributed by atoms with van der Waals surface area (Å²) in [6, 6.07) is 8.84. The summed E-state index contributed by atoms with van der Waals surface area (Å²) in [4.78, 5) is 22.1. The van der Waals surface area contributed by atoms with Crippen LogP contribution in [0.2, 0.25) is 0 Å². The molecule has 0 saturated heterocycles. The van der Waals surface area contributed by atoms with Crippen LogP contribution < -0.4 is 10.1 Å². The summed E-state index contributed by atoms with van der Waals surface area (Å²) >= 11 is 0. The van der Waals surface area contributed by atoms with Gasteiger partial charge in [-0.3, -0.25) is 14.9 Å². The van der Waals surface area contributed by atoms with E-state index in [9.17, 15) is 19.3 Å². The zero-order valence-corrected chi connectivity index (χ0v) is 11.0. The molecule has 0 unspecified atom stereocenters. The maximum atomic E-state index is 12.8. The Hall–Kier alpha value is -2.96. The van der Waals surface area contributed by atoms with E-state index in [1.54, 1.807) is 0 Å². The topological polar surface area (TPSA) is 81.5 Å². The number of carbonyl (C=O) groups is 1. The number of hydrogen-bond acceptors (Lipinski definition) is 4. The van der Waals surface area contributed by atoms with Gasteiger partial charge in [-0.1, -0.05) is 0 Å². The van der Waals surface area contributed by atoms with Gasteiger partial charge in [-0.15, -0.1) is 0 Å². The van der Waals surface area contributed by atoms with Gasteiger partial charge < -0.3 is 10.1 Å². The first-order valence-corrected chi connectivity index (χ1v) is 5.90. The Morgan fingerprint density at radius 2 is 1.90 bits per heavy atom. The van der Waals surface area contributed by atoms with E-state index in [-0.39, 0.29) is 22.7 Å². The molecule has 0 atom stereocenters. The highest BCUT2D eigenvalue weighted by Gasteiger charge is 2.14. The number of amides is 1. The number of carbonyl (C=O) groups excluding carboxylic acids is 1. The lowest BCUT2D eigenvalue weighted by molar-refractivity contribution is -0.384. The number of benzene rings is 2. The molecule has 0 aliphatic carbocycles. The first-order chi connectivity index (χ1) is 10.0. The minimum absolute atomic E-state index is 0.147. The van der Waals surface area contributed by atoms with Crippen molar-refractivity contribution in [2.75, 3.05) is 12.4 Å². The Balaban J connectivity index is 2.24. The Bertz CT molecular complexity index is 686. The highest BCUT2D eigenvalue weighted by atomic mass is 19.1. The molecule has 0 fully saturated rings. The van der Waals surface area contributed by atoms with Crippen molar-refractivity contribution in [2.24, 2.45) is 0 Å². The fourth-order valence-corrected chi connectivity index (χ4v) is 1.69. The lowest BCUT2D eigenvalue weighted by Gasteiger charge is -2.10. The monoisotopic (exact) mass is 290 g/mol. The molecule has 2 rings (SSSR count). The van der Waals surface area contributed by atoms with E-state index < -0.39 is 16.6 Å². The van der Waals surface area contributed by atoms with Gasteiger partial charge in [0, 0.05) is 11.6 Å². The Morgan fingerprint density at radius 1 is 1.24 bits per heavy atom. The molecule has 7 heteroatoms. The van der Waals surface area contributed by atoms with Crippen molar-refractivity contribution >= 4 is 17.3 Å². The van der Waals surface area contributed by atoms with Gasteiger partial charge in [0.15, 0.2) is 0 Å². The fourth-order valence-electron chi connectivity index (χ4n) is 1.69. The predicted octanol–water partition coefficient (Wildman–Crippen LogP) is 2.99. The Labute approximate surface area is 119 Å². The molecule has 0 spiro atoms. The maximum Gasteiger partial charge on any atom is 0.273 e. The van der Waals surface area contributed by atoms with E-state index in [1.165, 1.54) is 49.6 Å². The van der Waals surface area contributed by atoms with Gasteiger partial charge in [-0.05, 0) is 30.3 Å². The quantitative estimate of drug-likeness (QED) is 0.693. The van der Waals surface area contributed by atoms with E-state index in [2.05, 4.69) is 5.32 Å². The van der Waals surface area contributed by atoms with Gasteiger partial charge >= 0.3 is 0 Å². The van der Waals surface area contributed by atoms with Crippen LogP contribution in [0.5, 0.6) is 5.75 Å². The summed E-state index contributed by atoms with van der Waals surface area (Å²) < 4.78 is 17.8. The number of ether oxygens (including phenoxy) is 1. The van der Waals surface area contributed by atoms with Crippen LogP contribution in [0.4, 0.5) is 15.8 Å².